The van der Waals surface area contributed by atoms with E-state index in [2.05, 4.69) is 15.9 Å². The normalized spacial score (nSPS) is 17.9. The fourth-order valence-electron chi connectivity index (χ4n) is 1.93. The topological polar surface area (TPSA) is 63.7 Å². The van der Waals surface area contributed by atoms with E-state index in [0.717, 1.165) is 6.26 Å². The number of amides is 1. The Morgan fingerprint density at radius 3 is 2.42 bits per heavy atom. The fourth-order valence-corrected chi connectivity index (χ4v) is 3.27. The number of hydrogen-bond donors (Lipinski definition) is 0. The molecule has 0 atom stereocenters. The van der Waals surface area contributed by atoms with E-state index in [1.165, 1.54) is 17.0 Å². The van der Waals surface area contributed by atoms with Gasteiger partial charge in [-0.05, 0) is 41.9 Å². The molecule has 1 heterocycles. The lowest BCUT2D eigenvalue weighted by Gasteiger charge is -2.37. The third kappa shape index (κ3) is 2.36. The third-order valence-electron chi connectivity index (χ3n) is 2.96. The summed E-state index contributed by atoms with van der Waals surface area (Å²) in [6.07, 6.45) is 1.12. The lowest BCUT2D eigenvalue weighted by molar-refractivity contribution is -0.132. The molecule has 0 aliphatic carbocycles. The van der Waals surface area contributed by atoms with E-state index in [4.69, 9.17) is 4.74 Å². The predicted molar refractivity (Wildman–Crippen MR) is 75.4 cm³/mol. The van der Waals surface area contributed by atoms with Crippen LogP contribution in [-0.4, -0.2) is 33.2 Å². The van der Waals surface area contributed by atoms with E-state index < -0.39 is 15.4 Å². The van der Waals surface area contributed by atoms with Gasteiger partial charge >= 0.3 is 0 Å². The van der Waals surface area contributed by atoms with Gasteiger partial charge in [-0.2, -0.15) is 0 Å². The number of benzene rings is 1. The second-order valence-electron chi connectivity index (χ2n) is 5.00. The molecule has 0 saturated carbocycles. The van der Waals surface area contributed by atoms with Crippen LogP contribution in [0.4, 0.5) is 5.69 Å². The van der Waals surface area contributed by atoms with Gasteiger partial charge in [-0.15, -0.1) is 0 Å². The van der Waals surface area contributed by atoms with Crippen LogP contribution in [0.2, 0.25) is 0 Å². The van der Waals surface area contributed by atoms with E-state index in [-0.39, 0.29) is 10.8 Å². The molecule has 1 aromatic rings. The molecule has 19 heavy (non-hydrogen) atoms. The molecule has 7 heteroatoms. The highest BCUT2D eigenvalue weighted by Crippen LogP contribution is 2.43. The standard InChI is InChI=1S/C12H14BrNO4S/c1-12(2)11(15)14(3)9-6-7(19(4,16)17)5-8(13)10(9)18-12/h5-6H,1-4H3. The molecule has 2 rings (SSSR count). The zero-order valence-corrected chi connectivity index (χ0v) is 13.4. The van der Waals surface area contributed by atoms with Gasteiger partial charge in [0, 0.05) is 13.3 Å². The molecule has 5 nitrogen and oxygen atoms in total. The molecule has 0 N–H and O–H groups in total. The maximum atomic E-state index is 12.1. The van der Waals surface area contributed by atoms with Crippen molar-refractivity contribution in [2.24, 2.45) is 0 Å². The zero-order chi connectivity index (χ0) is 14.6. The van der Waals surface area contributed by atoms with E-state index in [0.29, 0.717) is 15.9 Å². The van der Waals surface area contributed by atoms with Crippen molar-refractivity contribution in [1.82, 2.24) is 0 Å². The summed E-state index contributed by atoms with van der Waals surface area (Å²) in [7, 11) is -1.75. The SMILES string of the molecule is CN1C(=O)C(C)(C)Oc2c(Br)cc(S(C)(=O)=O)cc21. The van der Waals surface area contributed by atoms with Crippen molar-refractivity contribution in [3.05, 3.63) is 16.6 Å². The van der Waals surface area contributed by atoms with E-state index in [1.807, 2.05) is 0 Å². The minimum absolute atomic E-state index is 0.140. The van der Waals surface area contributed by atoms with Crippen molar-refractivity contribution in [2.75, 3.05) is 18.2 Å². The number of carbonyl (C=O) groups is 1. The van der Waals surface area contributed by atoms with Crippen LogP contribution in [0.1, 0.15) is 13.8 Å². The highest BCUT2D eigenvalue weighted by molar-refractivity contribution is 9.10. The Labute approximate surface area is 120 Å². The first-order valence-electron chi connectivity index (χ1n) is 5.55. The van der Waals surface area contributed by atoms with Crippen molar-refractivity contribution in [1.29, 1.82) is 0 Å². The average Bonchev–Trinajstić information content (AvgIpc) is 2.26. The number of halogens is 1. The lowest BCUT2D eigenvalue weighted by Crippen LogP contribution is -2.51. The molecule has 1 aromatic carbocycles. The molecule has 1 aliphatic heterocycles. The molecule has 0 fully saturated rings. The predicted octanol–water partition coefficient (Wildman–Crippen LogP) is 1.99. The van der Waals surface area contributed by atoms with Gasteiger partial charge in [0.25, 0.3) is 5.91 Å². The number of sulfone groups is 1. The van der Waals surface area contributed by atoms with E-state index in [9.17, 15) is 13.2 Å². The molecule has 0 radical (unpaired) electrons. The Morgan fingerprint density at radius 2 is 1.89 bits per heavy atom. The first-order chi connectivity index (χ1) is 8.54. The minimum Gasteiger partial charge on any atom is -0.475 e. The Morgan fingerprint density at radius 1 is 1.32 bits per heavy atom. The quantitative estimate of drug-likeness (QED) is 0.779. The molecule has 0 bridgehead atoms. The molecule has 0 unspecified atom stereocenters. The van der Waals surface area contributed by atoms with Crippen LogP contribution >= 0.6 is 15.9 Å². The minimum atomic E-state index is -3.35. The van der Waals surface area contributed by atoms with Gasteiger partial charge in [-0.1, -0.05) is 0 Å². The van der Waals surface area contributed by atoms with Crippen molar-refractivity contribution >= 4 is 37.4 Å². The van der Waals surface area contributed by atoms with Gasteiger partial charge in [0.05, 0.1) is 15.1 Å². The van der Waals surface area contributed by atoms with Crippen LogP contribution in [-0.2, 0) is 14.6 Å². The summed E-state index contributed by atoms with van der Waals surface area (Å²) >= 11 is 3.30. The summed E-state index contributed by atoms with van der Waals surface area (Å²) in [6.45, 7) is 3.34. The van der Waals surface area contributed by atoms with Crippen LogP contribution in [0.5, 0.6) is 5.75 Å². The van der Waals surface area contributed by atoms with Crippen molar-refractivity contribution in [3.63, 3.8) is 0 Å². The molecular weight excluding hydrogens is 334 g/mol. The number of hydrogen-bond acceptors (Lipinski definition) is 4. The summed E-state index contributed by atoms with van der Waals surface area (Å²) in [6, 6.07) is 2.93. The third-order valence-corrected chi connectivity index (χ3v) is 4.64. The van der Waals surface area contributed by atoms with Gasteiger partial charge in [0.2, 0.25) is 0 Å². The summed E-state index contributed by atoms with van der Waals surface area (Å²) in [5.41, 5.74) is -0.532. The maximum absolute atomic E-state index is 12.1. The Kier molecular flexibility index (Phi) is 3.17. The smallest absolute Gasteiger partial charge is 0.270 e. The number of anilines is 1. The van der Waals surface area contributed by atoms with Crippen molar-refractivity contribution in [3.8, 4) is 5.75 Å². The first-order valence-corrected chi connectivity index (χ1v) is 8.23. The summed E-state index contributed by atoms with van der Waals surface area (Å²) < 4.78 is 29.4. The monoisotopic (exact) mass is 347 g/mol. The molecule has 0 saturated heterocycles. The average molecular weight is 348 g/mol. The second kappa shape index (κ2) is 4.21. The van der Waals surface area contributed by atoms with Crippen LogP contribution in [0, 0.1) is 0 Å². The van der Waals surface area contributed by atoms with Crippen molar-refractivity contribution in [2.45, 2.75) is 24.3 Å². The van der Waals surface area contributed by atoms with Crippen LogP contribution < -0.4 is 9.64 Å². The van der Waals surface area contributed by atoms with Crippen molar-refractivity contribution < 1.29 is 17.9 Å². The first kappa shape index (κ1) is 14.3. The summed E-state index contributed by atoms with van der Waals surface area (Å²) in [4.78, 5) is 13.7. The van der Waals surface area contributed by atoms with Crippen LogP contribution in [0.25, 0.3) is 0 Å². The molecule has 104 valence electrons. The number of fused-ring (bicyclic) bond motifs is 1. The number of carbonyl (C=O) groups excluding carboxylic acids is 1. The summed E-state index contributed by atoms with van der Waals surface area (Å²) in [5.74, 6) is 0.247. The van der Waals surface area contributed by atoms with E-state index in [1.54, 1.807) is 20.9 Å². The largest absolute Gasteiger partial charge is 0.475 e. The number of rotatable bonds is 1. The highest BCUT2D eigenvalue weighted by atomic mass is 79.9. The van der Waals surface area contributed by atoms with Crippen LogP contribution in [0.15, 0.2) is 21.5 Å². The molecule has 0 spiro atoms. The lowest BCUT2D eigenvalue weighted by atomic mass is 10.0. The van der Waals surface area contributed by atoms with Gasteiger partial charge in [-0.3, -0.25) is 4.79 Å². The number of nitrogens with zero attached hydrogens (tertiary/aromatic N) is 1. The maximum Gasteiger partial charge on any atom is 0.270 e. The Bertz CT molecular complexity index is 667. The van der Waals surface area contributed by atoms with Gasteiger partial charge < -0.3 is 9.64 Å². The molecule has 0 aromatic heterocycles. The second-order valence-corrected chi connectivity index (χ2v) is 7.87. The number of ether oxygens (including phenoxy) is 1. The fraction of sp³-hybridized carbons (Fsp3) is 0.417. The Balaban J connectivity index is 2.70. The Hall–Kier alpha value is -1.08. The molecule has 1 amide bonds. The molecular formula is C12H14BrNO4S. The van der Waals surface area contributed by atoms with Gasteiger partial charge in [0.1, 0.15) is 0 Å². The number of likely N-dealkylation sites (N-methyl/N-ethyl adjacent to an activating group) is 1. The van der Waals surface area contributed by atoms with Gasteiger partial charge in [-0.25, -0.2) is 8.42 Å². The summed E-state index contributed by atoms with van der Waals surface area (Å²) in [5, 5.41) is 0. The zero-order valence-electron chi connectivity index (χ0n) is 11.0. The van der Waals surface area contributed by atoms with Gasteiger partial charge in [0.15, 0.2) is 21.2 Å². The van der Waals surface area contributed by atoms with E-state index >= 15 is 0 Å². The highest BCUT2D eigenvalue weighted by Gasteiger charge is 2.40. The van der Waals surface area contributed by atoms with Crippen LogP contribution in [0.3, 0.4) is 0 Å². The molecule has 1 aliphatic rings.